The molecule has 1 aromatic heterocycles. The Morgan fingerprint density at radius 3 is 2.72 bits per heavy atom. The second-order valence-corrected chi connectivity index (χ2v) is 16.0. The largest absolute Gasteiger partial charge is 0.465 e. The molecule has 2 heterocycles. The molecule has 0 aliphatic carbocycles. The van der Waals surface area contributed by atoms with E-state index < -0.39 is 14.4 Å². The topological polar surface area (TPSA) is 65.9 Å². The number of benzene rings is 1. The molecule has 1 aliphatic rings. The molecule has 0 spiro atoms. The average molecular weight is 476 g/mol. The molecule has 8 heteroatoms. The predicted molar refractivity (Wildman–Crippen MR) is 134 cm³/mol. The molecular weight excluding hydrogens is 438 g/mol. The minimum absolute atomic E-state index is 0.182. The van der Waals surface area contributed by atoms with Crippen molar-refractivity contribution in [3.8, 4) is 10.6 Å². The number of carboxylic acid groups (broad SMARTS) is 1. The van der Waals surface area contributed by atoms with E-state index in [1.54, 1.807) is 18.4 Å². The van der Waals surface area contributed by atoms with Gasteiger partial charge in [0.1, 0.15) is 5.01 Å². The van der Waals surface area contributed by atoms with Crippen molar-refractivity contribution in [3.05, 3.63) is 40.9 Å². The van der Waals surface area contributed by atoms with Crippen LogP contribution in [-0.2, 0) is 4.43 Å². The maximum atomic E-state index is 11.9. The maximum Gasteiger partial charge on any atom is 0.407 e. The van der Waals surface area contributed by atoms with E-state index in [4.69, 9.17) is 4.43 Å². The van der Waals surface area contributed by atoms with Crippen molar-refractivity contribution in [2.75, 3.05) is 26.7 Å². The first kappa shape index (κ1) is 24.9. The number of hydrogen-bond donors (Lipinski definition) is 1. The average Bonchev–Trinajstić information content (AvgIpc) is 3.33. The van der Waals surface area contributed by atoms with Gasteiger partial charge in [-0.25, -0.2) is 9.78 Å². The third kappa shape index (κ3) is 5.78. The highest BCUT2D eigenvalue weighted by Crippen LogP contribution is 2.38. The van der Waals surface area contributed by atoms with Crippen LogP contribution < -0.4 is 0 Å². The normalized spacial score (nSPS) is 18.7. The second kappa shape index (κ2) is 9.63. The van der Waals surface area contributed by atoms with Gasteiger partial charge in [0, 0.05) is 43.3 Å². The van der Waals surface area contributed by atoms with Crippen molar-refractivity contribution in [2.45, 2.75) is 64.4 Å². The summed E-state index contributed by atoms with van der Waals surface area (Å²) in [6.07, 6.45) is 0.295. The number of nitrogens with zero attached hydrogens (tertiary/aromatic N) is 3. The molecule has 2 atom stereocenters. The molecule has 1 amide bonds. The van der Waals surface area contributed by atoms with Gasteiger partial charge in [-0.2, -0.15) is 0 Å². The van der Waals surface area contributed by atoms with Crippen molar-refractivity contribution < 1.29 is 14.3 Å². The Kier molecular flexibility index (Phi) is 7.49. The number of amides is 1. The summed E-state index contributed by atoms with van der Waals surface area (Å²) >= 11 is 1.61. The minimum Gasteiger partial charge on any atom is -0.465 e. The van der Waals surface area contributed by atoms with Crippen LogP contribution in [0.4, 0.5) is 4.79 Å². The molecule has 1 aromatic carbocycles. The summed E-state index contributed by atoms with van der Waals surface area (Å²) in [5, 5.41) is 12.9. The zero-order chi connectivity index (χ0) is 23.7. The highest BCUT2D eigenvalue weighted by molar-refractivity contribution is 7.13. The van der Waals surface area contributed by atoms with Crippen LogP contribution in [0.2, 0.25) is 18.1 Å². The Morgan fingerprint density at radius 1 is 1.41 bits per heavy atom. The lowest BCUT2D eigenvalue weighted by Crippen LogP contribution is -2.45. The standard InChI is InChI=1S/C24H37N3O3SSi/c1-17-16-31-22(25-17)19-10-8-9-18(13-19)21(26(5)23(28)29)15-27-12-11-20(14-27)30-32(6,7)24(2,3)4/h8-10,13,16,20-21H,11-12,14-15H2,1-7H3,(H,28,29)/t20?,21-/m1/s1. The van der Waals surface area contributed by atoms with Gasteiger partial charge < -0.3 is 14.4 Å². The van der Waals surface area contributed by atoms with Crippen molar-refractivity contribution in [2.24, 2.45) is 0 Å². The van der Waals surface area contributed by atoms with Crippen LogP contribution in [0.3, 0.4) is 0 Å². The van der Waals surface area contributed by atoms with E-state index >= 15 is 0 Å². The summed E-state index contributed by atoms with van der Waals surface area (Å²) in [6, 6.07) is 7.89. The van der Waals surface area contributed by atoms with Gasteiger partial charge in [0.2, 0.25) is 0 Å². The van der Waals surface area contributed by atoms with Crippen LogP contribution >= 0.6 is 11.3 Å². The van der Waals surface area contributed by atoms with Crippen molar-refractivity contribution in [3.63, 3.8) is 0 Å². The fourth-order valence-electron chi connectivity index (χ4n) is 3.85. The third-order valence-corrected chi connectivity index (χ3v) is 12.4. The van der Waals surface area contributed by atoms with Crippen LogP contribution in [0, 0.1) is 6.92 Å². The number of thiazole rings is 1. The molecule has 32 heavy (non-hydrogen) atoms. The number of aromatic nitrogens is 1. The Morgan fingerprint density at radius 2 is 2.12 bits per heavy atom. The number of carbonyl (C=O) groups is 1. The molecule has 1 N–H and O–H groups in total. The minimum atomic E-state index is -1.82. The monoisotopic (exact) mass is 475 g/mol. The first-order chi connectivity index (χ1) is 14.9. The number of likely N-dealkylation sites (N-methyl/N-ethyl adjacent to an activating group) is 1. The summed E-state index contributed by atoms with van der Waals surface area (Å²) in [5.74, 6) is 0. The fourth-order valence-corrected chi connectivity index (χ4v) is 6.02. The van der Waals surface area contributed by atoms with Crippen molar-refractivity contribution >= 4 is 25.7 Å². The van der Waals surface area contributed by atoms with Gasteiger partial charge in [-0.1, -0.05) is 39.0 Å². The first-order valence-electron chi connectivity index (χ1n) is 11.3. The molecule has 6 nitrogen and oxygen atoms in total. The molecule has 1 unspecified atom stereocenters. The highest BCUT2D eigenvalue weighted by Gasteiger charge is 2.41. The van der Waals surface area contributed by atoms with Crippen LogP contribution in [0.25, 0.3) is 10.6 Å². The van der Waals surface area contributed by atoms with E-state index in [2.05, 4.69) is 49.8 Å². The van der Waals surface area contributed by atoms with Crippen molar-refractivity contribution in [1.82, 2.24) is 14.8 Å². The molecule has 0 radical (unpaired) electrons. The number of rotatable bonds is 7. The summed E-state index contributed by atoms with van der Waals surface area (Å²) in [7, 11) is -0.163. The lowest BCUT2D eigenvalue weighted by Gasteiger charge is -2.38. The summed E-state index contributed by atoms with van der Waals surface area (Å²) in [5.41, 5.74) is 3.03. The smallest absolute Gasteiger partial charge is 0.407 e. The zero-order valence-electron chi connectivity index (χ0n) is 20.4. The molecule has 1 fully saturated rings. The van der Waals surface area contributed by atoms with Gasteiger partial charge in [-0.3, -0.25) is 4.90 Å². The molecule has 1 saturated heterocycles. The fraction of sp³-hybridized carbons (Fsp3) is 0.583. The van der Waals surface area contributed by atoms with Crippen LogP contribution in [0.5, 0.6) is 0 Å². The van der Waals surface area contributed by atoms with E-state index in [1.807, 2.05) is 30.5 Å². The molecule has 1 aliphatic heterocycles. The van der Waals surface area contributed by atoms with Gasteiger partial charge >= 0.3 is 6.09 Å². The number of hydrogen-bond acceptors (Lipinski definition) is 5. The zero-order valence-corrected chi connectivity index (χ0v) is 22.2. The van der Waals surface area contributed by atoms with Gasteiger partial charge in [0.05, 0.1) is 12.1 Å². The lowest BCUT2D eigenvalue weighted by molar-refractivity contribution is 0.121. The quantitative estimate of drug-likeness (QED) is 0.508. The van der Waals surface area contributed by atoms with Crippen molar-refractivity contribution in [1.29, 1.82) is 0 Å². The van der Waals surface area contributed by atoms with Crippen LogP contribution in [-0.4, -0.2) is 67.1 Å². The lowest BCUT2D eigenvalue weighted by atomic mass is 10.0. The van der Waals surface area contributed by atoms with E-state index in [-0.39, 0.29) is 17.2 Å². The molecule has 0 bridgehead atoms. The van der Waals surface area contributed by atoms with E-state index in [0.717, 1.165) is 41.3 Å². The summed E-state index contributed by atoms with van der Waals surface area (Å²) in [4.78, 5) is 20.3. The Labute approximate surface area is 197 Å². The Balaban J connectivity index is 1.76. The maximum absolute atomic E-state index is 11.9. The highest BCUT2D eigenvalue weighted by atomic mass is 32.1. The van der Waals surface area contributed by atoms with Crippen LogP contribution in [0.1, 0.15) is 44.5 Å². The van der Waals surface area contributed by atoms with Gasteiger partial charge in [0.15, 0.2) is 8.32 Å². The number of aryl methyl sites for hydroxylation is 1. The third-order valence-electron chi connectivity index (χ3n) is 6.83. The molecule has 3 rings (SSSR count). The molecule has 2 aromatic rings. The van der Waals surface area contributed by atoms with Gasteiger partial charge in [-0.05, 0) is 43.1 Å². The number of likely N-dealkylation sites (tertiary alicyclic amines) is 1. The Bertz CT molecular complexity index is 941. The SMILES string of the molecule is Cc1csc(-c2cccc([C@@H](CN3CCC(O[Si](C)(C)C(C)(C)C)C3)N(C)C(=O)O)c2)n1. The van der Waals surface area contributed by atoms with Crippen LogP contribution in [0.15, 0.2) is 29.6 Å². The van der Waals surface area contributed by atoms with Gasteiger partial charge in [-0.15, -0.1) is 11.3 Å². The van der Waals surface area contributed by atoms with Gasteiger partial charge in [0.25, 0.3) is 0 Å². The van der Waals surface area contributed by atoms with E-state index in [1.165, 1.54) is 4.90 Å². The van der Waals surface area contributed by atoms with E-state index in [9.17, 15) is 9.90 Å². The molecule has 176 valence electrons. The second-order valence-electron chi connectivity index (χ2n) is 10.4. The predicted octanol–water partition coefficient (Wildman–Crippen LogP) is 5.87. The summed E-state index contributed by atoms with van der Waals surface area (Å²) < 4.78 is 6.63. The Hall–Kier alpha value is -1.74. The molecular formula is C24H37N3O3SSi. The summed E-state index contributed by atoms with van der Waals surface area (Å²) in [6.45, 7) is 15.8. The van der Waals surface area contributed by atoms with E-state index in [0.29, 0.717) is 6.54 Å². The molecule has 0 saturated carbocycles. The first-order valence-corrected chi connectivity index (χ1v) is 15.0.